The van der Waals surface area contributed by atoms with Crippen molar-refractivity contribution in [2.24, 2.45) is 11.8 Å². The lowest BCUT2D eigenvalue weighted by molar-refractivity contribution is -0.125. The molecule has 7 nitrogen and oxygen atoms in total. The van der Waals surface area contributed by atoms with E-state index in [1.54, 1.807) is 10.9 Å². The molecule has 2 heterocycles. The van der Waals surface area contributed by atoms with Crippen molar-refractivity contribution in [3.63, 3.8) is 0 Å². The van der Waals surface area contributed by atoms with Crippen molar-refractivity contribution in [1.29, 1.82) is 0 Å². The zero-order valence-electron chi connectivity index (χ0n) is 13.2. The van der Waals surface area contributed by atoms with Crippen LogP contribution in [0.3, 0.4) is 0 Å². The van der Waals surface area contributed by atoms with E-state index in [1.807, 2.05) is 24.3 Å². The van der Waals surface area contributed by atoms with Crippen LogP contribution in [0.4, 0.5) is 11.5 Å². The van der Waals surface area contributed by atoms with Gasteiger partial charge in [-0.25, -0.2) is 0 Å². The summed E-state index contributed by atoms with van der Waals surface area (Å²) in [6.07, 6.45) is 4.92. The summed E-state index contributed by atoms with van der Waals surface area (Å²) in [7, 11) is 0. The Labute approximate surface area is 139 Å². The van der Waals surface area contributed by atoms with Gasteiger partial charge in [0.25, 0.3) is 0 Å². The van der Waals surface area contributed by atoms with Gasteiger partial charge >= 0.3 is 0 Å². The first-order chi connectivity index (χ1) is 11.7. The minimum Gasteiger partial charge on any atom is -0.326 e. The van der Waals surface area contributed by atoms with E-state index in [4.69, 9.17) is 0 Å². The second-order valence-electron chi connectivity index (χ2n) is 6.57. The van der Waals surface area contributed by atoms with Gasteiger partial charge in [0.1, 0.15) is 0 Å². The van der Waals surface area contributed by atoms with Crippen LogP contribution in [-0.4, -0.2) is 26.8 Å². The Bertz CT molecular complexity index is 781. The van der Waals surface area contributed by atoms with Crippen LogP contribution >= 0.6 is 0 Å². The van der Waals surface area contributed by atoms with E-state index >= 15 is 0 Å². The molecule has 124 valence electrons. The molecular formula is C17H19N5O2. The van der Waals surface area contributed by atoms with Crippen LogP contribution in [0.5, 0.6) is 0 Å². The van der Waals surface area contributed by atoms with Gasteiger partial charge in [0.15, 0.2) is 5.82 Å². The predicted octanol–water partition coefficient (Wildman–Crippen LogP) is 1.83. The molecule has 2 amide bonds. The average molecular weight is 325 g/mol. The second-order valence-corrected chi connectivity index (χ2v) is 6.57. The summed E-state index contributed by atoms with van der Waals surface area (Å²) in [6, 6.07) is 7.67. The summed E-state index contributed by atoms with van der Waals surface area (Å²) in [4.78, 5) is 24.4. The van der Waals surface area contributed by atoms with Crippen LogP contribution in [0.15, 0.2) is 30.5 Å². The van der Waals surface area contributed by atoms with Gasteiger partial charge < -0.3 is 10.6 Å². The Balaban J connectivity index is 1.35. The Morgan fingerprint density at radius 1 is 1.33 bits per heavy atom. The molecule has 24 heavy (non-hydrogen) atoms. The highest BCUT2D eigenvalue weighted by atomic mass is 16.2. The van der Waals surface area contributed by atoms with E-state index in [-0.39, 0.29) is 24.2 Å². The van der Waals surface area contributed by atoms with Gasteiger partial charge in [-0.2, -0.15) is 0 Å². The minimum atomic E-state index is -0.360. The number of benzene rings is 1. The topological polar surface area (TPSA) is 88.9 Å². The van der Waals surface area contributed by atoms with Gasteiger partial charge in [0, 0.05) is 18.7 Å². The van der Waals surface area contributed by atoms with E-state index in [1.165, 1.54) is 12.8 Å². The number of hydrogen-bond donors (Lipinski definition) is 2. The molecule has 1 aliphatic carbocycles. The van der Waals surface area contributed by atoms with Gasteiger partial charge in [-0.05, 0) is 36.8 Å². The lowest BCUT2D eigenvalue weighted by Crippen LogP contribution is -2.32. The number of rotatable bonds is 5. The van der Waals surface area contributed by atoms with E-state index in [0.29, 0.717) is 18.2 Å². The fourth-order valence-corrected chi connectivity index (χ4v) is 3.01. The predicted molar refractivity (Wildman–Crippen MR) is 88.3 cm³/mol. The summed E-state index contributed by atoms with van der Waals surface area (Å²) in [5.74, 6) is 0.453. The number of aromatic nitrogens is 3. The molecule has 0 bridgehead atoms. The molecule has 7 heteroatoms. The normalized spacial score (nSPS) is 19.5. The van der Waals surface area contributed by atoms with Crippen LogP contribution in [0.2, 0.25) is 0 Å². The SMILES string of the molecule is O=C(CC1Cc2ccccc2NC1=O)Nc1cn(CC2CC2)nn1. The maximum absolute atomic E-state index is 12.2. The monoisotopic (exact) mass is 325 g/mol. The molecule has 1 aliphatic heterocycles. The zero-order chi connectivity index (χ0) is 16.5. The molecule has 0 radical (unpaired) electrons. The first-order valence-corrected chi connectivity index (χ1v) is 8.26. The van der Waals surface area contributed by atoms with Gasteiger partial charge in [0.05, 0.1) is 12.1 Å². The smallest absolute Gasteiger partial charge is 0.228 e. The van der Waals surface area contributed by atoms with Crippen molar-refractivity contribution in [2.45, 2.75) is 32.2 Å². The number of anilines is 2. The molecular weight excluding hydrogens is 306 g/mol. The molecule has 0 saturated heterocycles. The van der Waals surface area contributed by atoms with Crippen molar-refractivity contribution in [2.75, 3.05) is 10.6 Å². The van der Waals surface area contributed by atoms with Gasteiger partial charge in [0.2, 0.25) is 11.8 Å². The number of nitrogens with zero attached hydrogens (tertiary/aromatic N) is 3. The fourth-order valence-electron chi connectivity index (χ4n) is 3.01. The third kappa shape index (κ3) is 3.29. The molecule has 1 unspecified atom stereocenters. The fraction of sp³-hybridized carbons (Fsp3) is 0.412. The molecule has 1 atom stereocenters. The summed E-state index contributed by atoms with van der Waals surface area (Å²) in [6.45, 7) is 0.852. The Morgan fingerprint density at radius 2 is 2.17 bits per heavy atom. The Morgan fingerprint density at radius 3 is 3.00 bits per heavy atom. The van der Waals surface area contributed by atoms with Crippen molar-refractivity contribution in [3.8, 4) is 0 Å². The van der Waals surface area contributed by atoms with Crippen molar-refractivity contribution < 1.29 is 9.59 Å². The molecule has 2 aliphatic rings. The quantitative estimate of drug-likeness (QED) is 0.878. The number of para-hydroxylation sites is 1. The molecule has 4 rings (SSSR count). The van der Waals surface area contributed by atoms with Crippen LogP contribution in [0, 0.1) is 11.8 Å². The van der Waals surface area contributed by atoms with Crippen molar-refractivity contribution >= 4 is 23.3 Å². The van der Waals surface area contributed by atoms with Crippen LogP contribution in [0.1, 0.15) is 24.8 Å². The average Bonchev–Trinajstić information content (AvgIpc) is 3.26. The highest BCUT2D eigenvalue weighted by molar-refractivity contribution is 6.00. The van der Waals surface area contributed by atoms with E-state index in [0.717, 1.165) is 17.8 Å². The number of carbonyl (C=O) groups excluding carboxylic acids is 2. The van der Waals surface area contributed by atoms with E-state index in [2.05, 4.69) is 20.9 Å². The molecule has 1 saturated carbocycles. The number of amides is 2. The Hall–Kier alpha value is -2.70. The molecule has 1 aromatic heterocycles. The molecule has 1 aromatic carbocycles. The van der Waals surface area contributed by atoms with Crippen molar-refractivity contribution in [3.05, 3.63) is 36.0 Å². The summed E-state index contributed by atoms with van der Waals surface area (Å²) >= 11 is 0. The molecule has 1 fully saturated rings. The van der Waals surface area contributed by atoms with Crippen molar-refractivity contribution in [1.82, 2.24) is 15.0 Å². The van der Waals surface area contributed by atoms with E-state index in [9.17, 15) is 9.59 Å². The zero-order valence-corrected chi connectivity index (χ0v) is 13.2. The largest absolute Gasteiger partial charge is 0.326 e. The minimum absolute atomic E-state index is 0.110. The van der Waals surface area contributed by atoms with Crippen LogP contribution in [0.25, 0.3) is 0 Å². The van der Waals surface area contributed by atoms with E-state index < -0.39 is 0 Å². The lowest BCUT2D eigenvalue weighted by Gasteiger charge is -2.23. The lowest BCUT2D eigenvalue weighted by atomic mass is 9.90. The first kappa shape index (κ1) is 14.9. The summed E-state index contributed by atoms with van der Waals surface area (Å²) < 4.78 is 1.76. The number of carbonyl (C=O) groups is 2. The highest BCUT2D eigenvalue weighted by Crippen LogP contribution is 2.30. The molecule has 0 spiro atoms. The van der Waals surface area contributed by atoms with Crippen LogP contribution in [-0.2, 0) is 22.6 Å². The van der Waals surface area contributed by atoms with Crippen LogP contribution < -0.4 is 10.6 Å². The van der Waals surface area contributed by atoms with Gasteiger partial charge in [-0.1, -0.05) is 23.4 Å². The highest BCUT2D eigenvalue weighted by Gasteiger charge is 2.28. The third-order valence-electron chi connectivity index (χ3n) is 4.49. The summed E-state index contributed by atoms with van der Waals surface area (Å²) in [5.41, 5.74) is 1.90. The number of nitrogens with one attached hydrogen (secondary N) is 2. The van der Waals surface area contributed by atoms with Gasteiger partial charge in [-0.15, -0.1) is 5.10 Å². The molecule has 2 N–H and O–H groups in total. The number of hydrogen-bond acceptors (Lipinski definition) is 4. The van der Waals surface area contributed by atoms with Gasteiger partial charge in [-0.3, -0.25) is 14.3 Å². The maximum Gasteiger partial charge on any atom is 0.228 e. The maximum atomic E-state index is 12.2. The Kier molecular flexibility index (Phi) is 3.76. The molecule has 2 aromatic rings. The first-order valence-electron chi connectivity index (χ1n) is 8.26. The summed E-state index contributed by atoms with van der Waals surface area (Å²) in [5, 5.41) is 13.6. The number of fused-ring (bicyclic) bond motifs is 1. The standard InChI is InChI=1S/C17H19N5O2/c23-16(19-15-10-22(21-20-15)9-11-5-6-11)8-13-7-12-3-1-2-4-14(12)18-17(13)24/h1-4,10-11,13H,5-9H2,(H,18,24)(H,19,23). The third-order valence-corrected chi connectivity index (χ3v) is 4.49. The second kappa shape index (κ2) is 6.07.